The standard InChI is InChI=1S/C26H28N4O7/c1-15(32)28-19-9-5-8-18-24(19)26(35)30(25(18)34)20(13-23(33)29-27-14-31)16-10-11-21(36-2)22(12-16)37-17-6-3-4-7-17/h5,8-12,14,17,20H,3-4,6-7,13H2,1-2H3,(H,27,31)(H,28,32)(H,29,33). The Morgan fingerprint density at radius 1 is 1.11 bits per heavy atom. The molecule has 0 spiro atoms. The zero-order chi connectivity index (χ0) is 26.5. The monoisotopic (exact) mass is 508 g/mol. The first-order chi connectivity index (χ1) is 17.8. The molecule has 1 aliphatic heterocycles. The normalized spacial score (nSPS) is 15.7. The maximum atomic E-state index is 13.6. The van der Waals surface area contributed by atoms with E-state index in [0.29, 0.717) is 23.5 Å². The lowest BCUT2D eigenvalue weighted by Crippen LogP contribution is -2.41. The molecule has 2 aliphatic rings. The fraction of sp³-hybridized carbons (Fsp3) is 0.346. The highest BCUT2D eigenvalue weighted by Gasteiger charge is 2.43. The molecule has 194 valence electrons. The van der Waals surface area contributed by atoms with Crippen LogP contribution < -0.4 is 25.6 Å². The molecule has 1 aliphatic carbocycles. The molecule has 5 amide bonds. The summed E-state index contributed by atoms with van der Waals surface area (Å²) in [7, 11) is 1.51. The van der Waals surface area contributed by atoms with Gasteiger partial charge in [-0.15, -0.1) is 0 Å². The van der Waals surface area contributed by atoms with Gasteiger partial charge in [-0.3, -0.25) is 39.7 Å². The van der Waals surface area contributed by atoms with Crippen LogP contribution in [0.1, 0.15) is 71.3 Å². The van der Waals surface area contributed by atoms with Crippen LogP contribution in [0.2, 0.25) is 0 Å². The maximum Gasteiger partial charge on any atom is 0.264 e. The highest BCUT2D eigenvalue weighted by molar-refractivity contribution is 6.24. The molecule has 11 heteroatoms. The van der Waals surface area contributed by atoms with Gasteiger partial charge in [0.1, 0.15) is 0 Å². The number of benzene rings is 2. The second-order valence-corrected chi connectivity index (χ2v) is 8.85. The summed E-state index contributed by atoms with van der Waals surface area (Å²) in [6.07, 6.45) is 3.91. The number of rotatable bonds is 10. The Morgan fingerprint density at radius 3 is 2.54 bits per heavy atom. The fourth-order valence-electron chi connectivity index (χ4n) is 4.75. The van der Waals surface area contributed by atoms with Gasteiger partial charge in [0.05, 0.1) is 42.5 Å². The van der Waals surface area contributed by atoms with Crippen LogP contribution in [0.25, 0.3) is 0 Å². The molecule has 4 rings (SSSR count). The molecule has 3 N–H and O–H groups in total. The van der Waals surface area contributed by atoms with Gasteiger partial charge in [0.15, 0.2) is 11.5 Å². The molecule has 11 nitrogen and oxygen atoms in total. The third-order valence-electron chi connectivity index (χ3n) is 6.39. The second-order valence-electron chi connectivity index (χ2n) is 8.85. The molecule has 37 heavy (non-hydrogen) atoms. The Kier molecular flexibility index (Phi) is 7.71. The number of carbonyl (C=O) groups is 5. The van der Waals surface area contributed by atoms with E-state index in [2.05, 4.69) is 16.2 Å². The predicted octanol–water partition coefficient (Wildman–Crippen LogP) is 2.48. The van der Waals surface area contributed by atoms with Crippen molar-refractivity contribution in [3.05, 3.63) is 53.1 Å². The number of nitrogens with one attached hydrogen (secondary N) is 3. The summed E-state index contributed by atoms with van der Waals surface area (Å²) >= 11 is 0. The second kappa shape index (κ2) is 11.1. The van der Waals surface area contributed by atoms with E-state index in [4.69, 9.17) is 9.47 Å². The summed E-state index contributed by atoms with van der Waals surface area (Å²) in [4.78, 5) is 63.1. The Labute approximate surface area is 213 Å². The lowest BCUT2D eigenvalue weighted by Gasteiger charge is -2.27. The molecular weight excluding hydrogens is 480 g/mol. The molecule has 2 aromatic rings. The molecule has 0 radical (unpaired) electrons. The van der Waals surface area contributed by atoms with Crippen LogP contribution in [0, 0.1) is 0 Å². The van der Waals surface area contributed by atoms with Crippen molar-refractivity contribution in [1.82, 2.24) is 15.8 Å². The van der Waals surface area contributed by atoms with Gasteiger partial charge in [-0.2, -0.15) is 0 Å². The van der Waals surface area contributed by atoms with Crippen LogP contribution in [-0.2, 0) is 14.4 Å². The summed E-state index contributed by atoms with van der Waals surface area (Å²) in [5.74, 6) is -1.35. The molecular formula is C26H28N4O7. The summed E-state index contributed by atoms with van der Waals surface area (Å²) in [6, 6.07) is 8.54. The van der Waals surface area contributed by atoms with E-state index < -0.39 is 29.7 Å². The predicted molar refractivity (Wildman–Crippen MR) is 132 cm³/mol. The van der Waals surface area contributed by atoms with Gasteiger partial charge in [0.2, 0.25) is 18.2 Å². The number of hydrogen-bond acceptors (Lipinski definition) is 7. The molecule has 0 aromatic heterocycles. The first-order valence-electron chi connectivity index (χ1n) is 11.9. The number of hydrogen-bond donors (Lipinski definition) is 3. The number of fused-ring (bicyclic) bond motifs is 1. The van der Waals surface area contributed by atoms with E-state index in [9.17, 15) is 24.0 Å². The molecule has 1 heterocycles. The third kappa shape index (κ3) is 5.40. The first kappa shape index (κ1) is 25.7. The highest BCUT2D eigenvalue weighted by atomic mass is 16.5. The van der Waals surface area contributed by atoms with Crippen molar-refractivity contribution in [1.29, 1.82) is 0 Å². The number of ether oxygens (including phenoxy) is 2. The molecule has 0 bridgehead atoms. The van der Waals surface area contributed by atoms with E-state index in [1.54, 1.807) is 24.3 Å². The first-order valence-corrected chi connectivity index (χ1v) is 11.9. The molecule has 1 atom stereocenters. The topological polar surface area (TPSA) is 143 Å². The Balaban J connectivity index is 1.74. The van der Waals surface area contributed by atoms with Crippen molar-refractivity contribution in [3.63, 3.8) is 0 Å². The Morgan fingerprint density at radius 2 is 1.86 bits per heavy atom. The van der Waals surface area contributed by atoms with E-state index in [1.807, 2.05) is 0 Å². The minimum Gasteiger partial charge on any atom is -0.493 e. The molecule has 1 unspecified atom stereocenters. The van der Waals surface area contributed by atoms with Crippen molar-refractivity contribution in [3.8, 4) is 11.5 Å². The Hall–Kier alpha value is -4.41. The summed E-state index contributed by atoms with van der Waals surface area (Å²) < 4.78 is 11.6. The SMILES string of the molecule is COc1ccc(C(CC(=O)NNC=O)N2C(=O)c3cccc(NC(C)=O)c3C2=O)cc1OC1CCCC1. The van der Waals surface area contributed by atoms with Gasteiger partial charge < -0.3 is 14.8 Å². The van der Waals surface area contributed by atoms with Crippen molar-refractivity contribution >= 4 is 35.7 Å². The van der Waals surface area contributed by atoms with E-state index in [-0.39, 0.29) is 29.3 Å². The summed E-state index contributed by atoms with van der Waals surface area (Å²) in [6.45, 7) is 1.30. The van der Waals surface area contributed by atoms with Crippen LogP contribution in [-0.4, -0.2) is 48.2 Å². The number of methoxy groups -OCH3 is 1. The van der Waals surface area contributed by atoms with Crippen LogP contribution in [0.5, 0.6) is 11.5 Å². The Bertz CT molecular complexity index is 1240. The summed E-state index contributed by atoms with van der Waals surface area (Å²) in [5, 5.41) is 2.59. The number of imide groups is 1. The van der Waals surface area contributed by atoms with Gasteiger partial charge in [0.25, 0.3) is 11.8 Å². The maximum absolute atomic E-state index is 13.6. The average molecular weight is 509 g/mol. The van der Waals surface area contributed by atoms with Gasteiger partial charge >= 0.3 is 0 Å². The van der Waals surface area contributed by atoms with Gasteiger partial charge in [-0.05, 0) is 55.5 Å². The minimum atomic E-state index is -1.04. The number of hydrazine groups is 1. The third-order valence-corrected chi connectivity index (χ3v) is 6.39. The van der Waals surface area contributed by atoms with Crippen LogP contribution in [0.15, 0.2) is 36.4 Å². The van der Waals surface area contributed by atoms with Crippen LogP contribution in [0.3, 0.4) is 0 Å². The minimum absolute atomic E-state index is 0.0159. The van der Waals surface area contributed by atoms with Gasteiger partial charge in [-0.1, -0.05) is 12.1 Å². The number of nitrogens with zero attached hydrogens (tertiary/aromatic N) is 1. The van der Waals surface area contributed by atoms with Gasteiger partial charge in [0, 0.05) is 6.92 Å². The van der Waals surface area contributed by atoms with Crippen LogP contribution in [0.4, 0.5) is 5.69 Å². The van der Waals surface area contributed by atoms with Crippen molar-refractivity contribution < 1.29 is 33.4 Å². The summed E-state index contributed by atoms with van der Waals surface area (Å²) in [5.41, 5.74) is 5.14. The van der Waals surface area contributed by atoms with Crippen molar-refractivity contribution in [2.45, 2.75) is 51.2 Å². The smallest absolute Gasteiger partial charge is 0.264 e. The van der Waals surface area contributed by atoms with Gasteiger partial charge in [-0.25, -0.2) is 0 Å². The zero-order valence-electron chi connectivity index (χ0n) is 20.5. The number of amides is 5. The lowest BCUT2D eigenvalue weighted by atomic mass is 10.0. The highest BCUT2D eigenvalue weighted by Crippen LogP contribution is 2.40. The van der Waals surface area contributed by atoms with Crippen molar-refractivity contribution in [2.24, 2.45) is 0 Å². The lowest BCUT2D eigenvalue weighted by molar-refractivity contribution is -0.125. The largest absolute Gasteiger partial charge is 0.493 e. The molecule has 1 saturated carbocycles. The zero-order valence-corrected chi connectivity index (χ0v) is 20.5. The van der Waals surface area contributed by atoms with E-state index >= 15 is 0 Å². The number of anilines is 1. The van der Waals surface area contributed by atoms with E-state index in [1.165, 1.54) is 26.2 Å². The molecule has 2 aromatic carbocycles. The van der Waals surface area contributed by atoms with Crippen molar-refractivity contribution in [2.75, 3.05) is 12.4 Å². The quantitative estimate of drug-likeness (QED) is 0.254. The molecule has 0 saturated heterocycles. The number of carbonyl (C=O) groups excluding carboxylic acids is 5. The van der Waals surface area contributed by atoms with E-state index in [0.717, 1.165) is 30.6 Å². The molecule has 1 fully saturated rings. The average Bonchev–Trinajstić information content (AvgIpc) is 3.47. The fourth-order valence-corrected chi connectivity index (χ4v) is 4.75. The van der Waals surface area contributed by atoms with Crippen LogP contribution >= 0.6 is 0 Å².